The summed E-state index contributed by atoms with van der Waals surface area (Å²) in [5.74, 6) is 0. The minimum absolute atomic E-state index is 0.353. The van der Waals surface area contributed by atoms with Gasteiger partial charge in [0, 0.05) is 88.1 Å². The van der Waals surface area contributed by atoms with Gasteiger partial charge in [0.2, 0.25) is 0 Å². The van der Waals surface area contributed by atoms with Crippen molar-refractivity contribution in [1.29, 1.82) is 0 Å². The Kier molecular flexibility index (Phi) is 6.37. The van der Waals surface area contributed by atoms with Gasteiger partial charge in [-0.1, -0.05) is 19.1 Å². The highest BCUT2D eigenvalue weighted by Gasteiger charge is 2.41. The minimum Gasteiger partial charge on any atom is -0.369 e. The van der Waals surface area contributed by atoms with Crippen LogP contribution in [0.25, 0.3) is 16.6 Å². The van der Waals surface area contributed by atoms with Crippen LogP contribution in [0.4, 0.5) is 11.4 Å². The molecule has 5 heterocycles. The molecule has 6 rings (SSSR count). The Morgan fingerprint density at radius 3 is 2.39 bits per heavy atom. The van der Waals surface area contributed by atoms with Crippen molar-refractivity contribution >= 4 is 16.9 Å². The van der Waals surface area contributed by atoms with Crippen LogP contribution in [0.2, 0.25) is 0 Å². The van der Waals surface area contributed by atoms with Gasteiger partial charge in [-0.3, -0.25) is 14.7 Å². The fraction of sp³-hybridized carbons (Fsp3) is 0.536. The molecule has 1 N–H and O–H groups in total. The van der Waals surface area contributed by atoms with Crippen molar-refractivity contribution in [2.45, 2.75) is 39.2 Å². The molecule has 3 aliphatic heterocycles. The zero-order valence-electron chi connectivity index (χ0n) is 21.8. The molecule has 1 unspecified atom stereocenters. The van der Waals surface area contributed by atoms with E-state index >= 15 is 0 Å². The molecule has 0 aliphatic carbocycles. The Balaban J connectivity index is 1.19. The smallest absolute Gasteiger partial charge is 0.166 e. The number of likely N-dealkylation sites (N-methyl/N-ethyl adjacent to an activating group) is 1. The van der Waals surface area contributed by atoms with Gasteiger partial charge in [0.05, 0.1) is 11.2 Å². The second kappa shape index (κ2) is 9.67. The summed E-state index contributed by atoms with van der Waals surface area (Å²) < 4.78 is 2.01. The molecular formula is C28H39N7O. The van der Waals surface area contributed by atoms with E-state index in [1.165, 1.54) is 22.5 Å². The normalized spacial score (nSPS) is 24.2. The van der Waals surface area contributed by atoms with E-state index in [4.69, 9.17) is 0 Å². The Morgan fingerprint density at radius 1 is 0.917 bits per heavy atom. The van der Waals surface area contributed by atoms with Crippen molar-refractivity contribution in [3.8, 4) is 11.1 Å². The lowest BCUT2D eigenvalue weighted by molar-refractivity contribution is -0.0641. The summed E-state index contributed by atoms with van der Waals surface area (Å²) >= 11 is 0. The first-order chi connectivity index (χ1) is 17.5. The number of anilines is 2. The molecule has 3 aromatic rings. The van der Waals surface area contributed by atoms with E-state index in [1.807, 2.05) is 10.7 Å². The van der Waals surface area contributed by atoms with Crippen LogP contribution < -0.4 is 9.80 Å². The number of hydrogen-bond acceptors (Lipinski definition) is 7. The van der Waals surface area contributed by atoms with Crippen LogP contribution >= 0.6 is 0 Å². The second-order valence-corrected chi connectivity index (χ2v) is 10.7. The van der Waals surface area contributed by atoms with Crippen LogP contribution in [-0.2, 0) is 0 Å². The second-order valence-electron chi connectivity index (χ2n) is 10.7. The minimum atomic E-state index is -0.443. The molecular weight excluding hydrogens is 450 g/mol. The van der Waals surface area contributed by atoms with Crippen molar-refractivity contribution in [2.75, 3.05) is 68.7 Å². The third-order valence-corrected chi connectivity index (χ3v) is 8.44. The van der Waals surface area contributed by atoms with Crippen LogP contribution in [0.1, 0.15) is 20.8 Å². The number of rotatable bonds is 5. The van der Waals surface area contributed by atoms with Gasteiger partial charge in [0.25, 0.3) is 0 Å². The molecule has 3 fully saturated rings. The summed E-state index contributed by atoms with van der Waals surface area (Å²) in [6.07, 6.45) is 3.60. The average Bonchev–Trinajstić information content (AvgIpc) is 3.49. The van der Waals surface area contributed by atoms with E-state index in [0.29, 0.717) is 12.1 Å². The van der Waals surface area contributed by atoms with Gasteiger partial charge < -0.3 is 14.9 Å². The average molecular weight is 490 g/mol. The molecule has 8 nitrogen and oxygen atoms in total. The lowest BCUT2D eigenvalue weighted by Crippen LogP contribution is -2.53. The van der Waals surface area contributed by atoms with Gasteiger partial charge in [0.1, 0.15) is 0 Å². The number of fused-ring (bicyclic) bond motifs is 2. The molecule has 0 radical (unpaired) electrons. The van der Waals surface area contributed by atoms with E-state index in [1.54, 1.807) is 0 Å². The molecule has 0 saturated carbocycles. The lowest BCUT2D eigenvalue weighted by Gasteiger charge is -2.39. The van der Waals surface area contributed by atoms with Crippen LogP contribution in [0.5, 0.6) is 0 Å². The summed E-state index contributed by atoms with van der Waals surface area (Å²) in [6.45, 7) is 15.6. The monoisotopic (exact) mass is 489 g/mol. The number of benzene rings is 1. The Labute approximate surface area is 214 Å². The summed E-state index contributed by atoms with van der Waals surface area (Å²) in [4.78, 5) is 11.9. The zero-order chi connectivity index (χ0) is 24.8. The van der Waals surface area contributed by atoms with Crippen LogP contribution in [0.15, 0.2) is 48.8 Å². The van der Waals surface area contributed by atoms with Gasteiger partial charge in [0.15, 0.2) is 6.35 Å². The quantitative estimate of drug-likeness (QED) is 0.591. The number of piperazine rings is 2. The third-order valence-electron chi connectivity index (χ3n) is 8.44. The van der Waals surface area contributed by atoms with Gasteiger partial charge in [-0.25, -0.2) is 4.52 Å². The largest absolute Gasteiger partial charge is 0.369 e. The van der Waals surface area contributed by atoms with Gasteiger partial charge in [-0.2, -0.15) is 5.10 Å². The predicted octanol–water partition coefficient (Wildman–Crippen LogP) is 2.63. The molecule has 2 aromatic heterocycles. The molecule has 3 saturated heterocycles. The molecule has 1 aromatic carbocycles. The molecule has 3 aliphatic rings. The summed E-state index contributed by atoms with van der Waals surface area (Å²) in [7, 11) is 0. The summed E-state index contributed by atoms with van der Waals surface area (Å²) in [5, 5.41) is 15.2. The third kappa shape index (κ3) is 4.26. The number of aromatic nitrogens is 2. The number of hydrogen-bond donors (Lipinski definition) is 1. The van der Waals surface area contributed by atoms with E-state index < -0.39 is 6.35 Å². The molecule has 0 amide bonds. The van der Waals surface area contributed by atoms with Crippen LogP contribution in [0.3, 0.4) is 0 Å². The van der Waals surface area contributed by atoms with Crippen molar-refractivity contribution in [3.05, 3.63) is 48.8 Å². The van der Waals surface area contributed by atoms with E-state index in [9.17, 15) is 5.11 Å². The predicted molar refractivity (Wildman–Crippen MR) is 146 cm³/mol. The van der Waals surface area contributed by atoms with Crippen LogP contribution in [0, 0.1) is 0 Å². The maximum atomic E-state index is 10.6. The molecule has 36 heavy (non-hydrogen) atoms. The first-order valence-corrected chi connectivity index (χ1v) is 13.5. The van der Waals surface area contributed by atoms with E-state index in [2.05, 4.69) is 93.0 Å². The highest BCUT2D eigenvalue weighted by molar-refractivity contribution is 5.80. The standard InChI is InChI=1S/C28H39N7O/c1-4-30-19-25-20-33(15-16-34(25)28(30)36)26-9-10-29-35-18-23(17-27(26)35)22-5-7-24(8-6-22)32-13-11-31(12-14-32)21(2)3/h5-10,17-18,21,25,28,36H,4,11-16,19-20H2,1-3H3/t25-,28?/m1/s1. The SMILES string of the molecule is CCN1C[C@@H]2CN(c3ccnn4cc(-c5ccc(N6CCN(C(C)C)CC6)cc5)cc34)CCN2C1O. The van der Waals surface area contributed by atoms with Gasteiger partial charge in [-0.05, 0) is 50.2 Å². The number of aliphatic hydroxyl groups is 1. The summed E-state index contributed by atoms with van der Waals surface area (Å²) in [6, 6.07) is 14.4. The topological polar surface area (TPSA) is 53.7 Å². The molecule has 8 heteroatoms. The fourth-order valence-electron chi connectivity index (χ4n) is 6.21. The molecule has 0 spiro atoms. The van der Waals surface area contributed by atoms with Crippen molar-refractivity contribution in [1.82, 2.24) is 24.3 Å². The lowest BCUT2D eigenvalue weighted by atomic mass is 10.1. The first-order valence-electron chi connectivity index (χ1n) is 13.5. The van der Waals surface area contributed by atoms with Gasteiger partial charge >= 0.3 is 0 Å². The van der Waals surface area contributed by atoms with E-state index in [0.717, 1.165) is 64.4 Å². The highest BCUT2D eigenvalue weighted by atomic mass is 16.3. The van der Waals surface area contributed by atoms with Crippen molar-refractivity contribution < 1.29 is 5.11 Å². The van der Waals surface area contributed by atoms with Crippen molar-refractivity contribution in [3.63, 3.8) is 0 Å². The first kappa shape index (κ1) is 23.7. The summed E-state index contributed by atoms with van der Waals surface area (Å²) in [5.41, 5.74) is 6.08. The fourth-order valence-corrected chi connectivity index (χ4v) is 6.21. The Bertz CT molecular complexity index is 1180. The molecule has 2 atom stereocenters. The number of nitrogens with zero attached hydrogens (tertiary/aromatic N) is 7. The zero-order valence-corrected chi connectivity index (χ0v) is 21.8. The van der Waals surface area contributed by atoms with Crippen molar-refractivity contribution in [2.24, 2.45) is 0 Å². The Hall–Kier alpha value is -2.65. The van der Waals surface area contributed by atoms with E-state index in [-0.39, 0.29) is 0 Å². The number of aliphatic hydroxyl groups excluding tert-OH is 1. The highest BCUT2D eigenvalue weighted by Crippen LogP contribution is 2.32. The maximum absolute atomic E-state index is 10.6. The molecule has 0 bridgehead atoms. The molecule has 192 valence electrons. The van der Waals surface area contributed by atoms with Crippen LogP contribution in [-0.4, -0.2) is 107 Å². The maximum Gasteiger partial charge on any atom is 0.166 e. The van der Waals surface area contributed by atoms with Gasteiger partial charge in [-0.15, -0.1) is 0 Å². The Morgan fingerprint density at radius 2 is 1.67 bits per heavy atom.